The number of para-hydroxylation sites is 1. The number of benzene rings is 2. The molecule has 5 nitrogen and oxygen atoms in total. The van der Waals surface area contributed by atoms with Gasteiger partial charge in [-0.1, -0.05) is 24.3 Å². The summed E-state index contributed by atoms with van der Waals surface area (Å²) in [6, 6.07) is 18.9. The molecule has 170 valence electrons. The Labute approximate surface area is 196 Å². The number of thiophene rings is 1. The van der Waals surface area contributed by atoms with Crippen LogP contribution >= 0.6 is 11.3 Å². The van der Waals surface area contributed by atoms with E-state index in [4.69, 9.17) is 0 Å². The van der Waals surface area contributed by atoms with Gasteiger partial charge in [-0.2, -0.15) is 0 Å². The van der Waals surface area contributed by atoms with Gasteiger partial charge in [-0.15, -0.1) is 11.3 Å². The fraction of sp³-hybridized carbons (Fsp3) is 0.269. The fourth-order valence-electron chi connectivity index (χ4n) is 4.62. The van der Waals surface area contributed by atoms with Crippen molar-refractivity contribution < 1.29 is 9.18 Å². The van der Waals surface area contributed by atoms with Gasteiger partial charge in [0.25, 0.3) is 0 Å². The van der Waals surface area contributed by atoms with Crippen molar-refractivity contribution in [2.75, 3.05) is 31.1 Å². The number of hydrogen-bond donors (Lipinski definition) is 3. The van der Waals surface area contributed by atoms with Crippen LogP contribution in [0.15, 0.2) is 72.2 Å². The summed E-state index contributed by atoms with van der Waals surface area (Å²) in [4.78, 5) is 19.4. The molecule has 0 radical (unpaired) electrons. The van der Waals surface area contributed by atoms with Crippen molar-refractivity contribution in [1.29, 1.82) is 0 Å². The third-order valence-corrected chi connectivity index (χ3v) is 7.36. The van der Waals surface area contributed by atoms with Crippen LogP contribution in [0.25, 0.3) is 10.9 Å². The summed E-state index contributed by atoms with van der Waals surface area (Å²) in [7, 11) is 0. The molecule has 4 aromatic rings. The molecule has 1 aliphatic rings. The Morgan fingerprint density at radius 3 is 2.79 bits per heavy atom. The molecule has 0 saturated carbocycles. The highest BCUT2D eigenvalue weighted by molar-refractivity contribution is 7.10. The minimum atomic E-state index is -0.221. The van der Waals surface area contributed by atoms with Gasteiger partial charge in [0.1, 0.15) is 5.82 Å². The normalized spacial score (nSPS) is 16.8. The van der Waals surface area contributed by atoms with E-state index in [1.54, 1.807) is 11.3 Å². The zero-order chi connectivity index (χ0) is 22.6. The van der Waals surface area contributed by atoms with Gasteiger partial charge in [0.15, 0.2) is 0 Å². The lowest BCUT2D eigenvalue weighted by atomic mass is 9.97. The van der Waals surface area contributed by atoms with Gasteiger partial charge in [0, 0.05) is 59.8 Å². The number of hydrogen-bond acceptors (Lipinski definition) is 3. The number of nitrogens with one attached hydrogen (secondary N) is 3. The van der Waals surface area contributed by atoms with Crippen LogP contribution in [-0.4, -0.2) is 37.2 Å². The first-order valence-electron chi connectivity index (χ1n) is 11.3. The van der Waals surface area contributed by atoms with E-state index in [0.29, 0.717) is 19.0 Å². The van der Waals surface area contributed by atoms with Crippen molar-refractivity contribution >= 4 is 34.0 Å². The molecule has 0 aliphatic carbocycles. The number of carbonyl (C=O) groups excluding carboxylic acids is 1. The number of fused-ring (bicyclic) bond motifs is 1. The Kier molecular flexibility index (Phi) is 6.30. The van der Waals surface area contributed by atoms with E-state index in [-0.39, 0.29) is 17.8 Å². The van der Waals surface area contributed by atoms with Crippen LogP contribution in [-0.2, 0) is 0 Å². The number of nitrogens with zero attached hydrogens (tertiary/aromatic N) is 1. The molecule has 5 rings (SSSR count). The molecule has 2 aromatic carbocycles. The van der Waals surface area contributed by atoms with Crippen LogP contribution in [0.2, 0.25) is 0 Å². The van der Waals surface area contributed by atoms with Crippen molar-refractivity contribution in [3.05, 3.63) is 88.5 Å². The summed E-state index contributed by atoms with van der Waals surface area (Å²) in [5, 5.41) is 9.39. The van der Waals surface area contributed by atoms with Gasteiger partial charge in [-0.25, -0.2) is 9.18 Å². The Hall–Kier alpha value is -3.32. The fourth-order valence-corrected chi connectivity index (χ4v) is 5.46. The summed E-state index contributed by atoms with van der Waals surface area (Å²) < 4.78 is 13.2. The first-order chi connectivity index (χ1) is 16.2. The minimum Gasteiger partial charge on any atom is -0.371 e. The molecule has 3 N–H and O–H groups in total. The maximum absolute atomic E-state index is 13.2. The standard InChI is InChI=1S/C26H27FN4OS/c27-19-7-9-20(10-8-19)31-12-11-18(17-31)14-29-26(32)30-16-23(25-6-3-13-33-25)22-15-28-24-5-2-1-4-21(22)24/h1-10,13,15,18,23,28H,11-12,14,16-17H2,(H2,29,30,32). The molecule has 2 atom stereocenters. The number of aromatic nitrogens is 1. The van der Waals surface area contributed by atoms with Crippen LogP contribution < -0.4 is 15.5 Å². The maximum Gasteiger partial charge on any atom is 0.314 e. The Morgan fingerprint density at radius 1 is 1.12 bits per heavy atom. The smallest absolute Gasteiger partial charge is 0.314 e. The van der Waals surface area contributed by atoms with E-state index >= 15 is 0 Å². The summed E-state index contributed by atoms with van der Waals surface area (Å²) in [6.45, 7) is 2.93. The highest BCUT2D eigenvalue weighted by Crippen LogP contribution is 2.32. The lowest BCUT2D eigenvalue weighted by Gasteiger charge is -2.19. The van der Waals surface area contributed by atoms with E-state index in [1.807, 2.05) is 24.3 Å². The molecule has 1 fully saturated rings. The zero-order valence-corrected chi connectivity index (χ0v) is 19.1. The molecular formula is C26H27FN4OS. The van der Waals surface area contributed by atoms with Gasteiger partial charge in [0.2, 0.25) is 0 Å². The van der Waals surface area contributed by atoms with Gasteiger partial charge >= 0.3 is 6.03 Å². The second-order valence-corrected chi connectivity index (χ2v) is 9.50. The van der Waals surface area contributed by atoms with Gasteiger partial charge < -0.3 is 20.5 Å². The topological polar surface area (TPSA) is 60.2 Å². The molecular weight excluding hydrogens is 435 g/mol. The van der Waals surface area contributed by atoms with Crippen LogP contribution in [0.5, 0.6) is 0 Å². The summed E-state index contributed by atoms with van der Waals surface area (Å²) in [5.74, 6) is 0.246. The van der Waals surface area contributed by atoms with Gasteiger partial charge in [-0.05, 0) is 59.7 Å². The lowest BCUT2D eigenvalue weighted by molar-refractivity contribution is 0.239. The van der Waals surface area contributed by atoms with E-state index < -0.39 is 0 Å². The molecule has 0 spiro atoms. The van der Waals surface area contributed by atoms with Crippen LogP contribution in [0.4, 0.5) is 14.9 Å². The molecule has 7 heteroatoms. The summed E-state index contributed by atoms with van der Waals surface area (Å²) in [5.41, 5.74) is 3.32. The number of anilines is 1. The second kappa shape index (κ2) is 9.67. The number of amides is 2. The van der Waals surface area contributed by atoms with Crippen LogP contribution in [0, 0.1) is 11.7 Å². The van der Waals surface area contributed by atoms with Crippen molar-refractivity contribution in [3.63, 3.8) is 0 Å². The van der Waals surface area contributed by atoms with Crippen LogP contribution in [0.1, 0.15) is 22.8 Å². The molecule has 1 aliphatic heterocycles. The minimum absolute atomic E-state index is 0.0901. The first-order valence-corrected chi connectivity index (χ1v) is 12.2. The Morgan fingerprint density at radius 2 is 1.97 bits per heavy atom. The molecule has 33 heavy (non-hydrogen) atoms. The predicted molar refractivity (Wildman–Crippen MR) is 133 cm³/mol. The number of halogens is 1. The Bertz CT molecular complexity index is 1200. The third-order valence-electron chi connectivity index (χ3n) is 6.38. The summed E-state index contributed by atoms with van der Waals surface area (Å²) >= 11 is 1.71. The third kappa shape index (κ3) is 4.88. The predicted octanol–water partition coefficient (Wildman–Crippen LogP) is 5.33. The quantitative estimate of drug-likeness (QED) is 0.348. The number of rotatable bonds is 7. The van der Waals surface area contributed by atoms with E-state index in [2.05, 4.69) is 56.4 Å². The van der Waals surface area contributed by atoms with Crippen molar-refractivity contribution in [1.82, 2.24) is 15.6 Å². The average molecular weight is 463 g/mol. The number of carbonyl (C=O) groups is 1. The maximum atomic E-state index is 13.2. The number of H-pyrrole nitrogens is 1. The zero-order valence-electron chi connectivity index (χ0n) is 18.3. The van der Waals surface area contributed by atoms with Crippen molar-refractivity contribution in [2.24, 2.45) is 5.92 Å². The van der Waals surface area contributed by atoms with Gasteiger partial charge in [0.05, 0.1) is 0 Å². The molecule has 2 aromatic heterocycles. The van der Waals surface area contributed by atoms with Crippen LogP contribution in [0.3, 0.4) is 0 Å². The Balaban J connectivity index is 1.17. The van der Waals surface area contributed by atoms with Crippen molar-refractivity contribution in [2.45, 2.75) is 12.3 Å². The first kappa shape index (κ1) is 21.5. The van der Waals surface area contributed by atoms with Gasteiger partial charge in [-0.3, -0.25) is 0 Å². The van der Waals surface area contributed by atoms with E-state index in [1.165, 1.54) is 28.0 Å². The summed E-state index contributed by atoms with van der Waals surface area (Å²) in [6.07, 6.45) is 3.06. The highest BCUT2D eigenvalue weighted by Gasteiger charge is 2.24. The molecule has 1 saturated heterocycles. The van der Waals surface area contributed by atoms with E-state index in [9.17, 15) is 9.18 Å². The van der Waals surface area contributed by atoms with Crippen molar-refractivity contribution in [3.8, 4) is 0 Å². The van der Waals surface area contributed by atoms with E-state index in [0.717, 1.165) is 30.7 Å². The second-order valence-electron chi connectivity index (χ2n) is 8.53. The number of aromatic amines is 1. The largest absolute Gasteiger partial charge is 0.371 e. The highest BCUT2D eigenvalue weighted by atomic mass is 32.1. The average Bonchev–Trinajstić information content (AvgIpc) is 3.60. The molecule has 0 bridgehead atoms. The monoisotopic (exact) mass is 462 g/mol. The molecule has 2 amide bonds. The number of urea groups is 1. The lowest BCUT2D eigenvalue weighted by Crippen LogP contribution is -2.40. The molecule has 3 heterocycles. The SMILES string of the molecule is O=C(NCC1CCN(c2ccc(F)cc2)C1)NCC(c1cccs1)c1c[nH]c2ccccc12. The molecule has 2 unspecified atom stereocenters.